The molecule has 0 spiro atoms. The van der Waals surface area contributed by atoms with Crippen LogP contribution in [0, 0.1) is 0 Å². The lowest BCUT2D eigenvalue weighted by Gasteiger charge is -2.10. The number of amides is 1. The maximum atomic E-state index is 12.1. The van der Waals surface area contributed by atoms with Crippen LogP contribution in [0.4, 0.5) is 11.4 Å². The summed E-state index contributed by atoms with van der Waals surface area (Å²) >= 11 is 1.31. The Hall–Kier alpha value is -1.86. The first-order valence-corrected chi connectivity index (χ1v) is 7.95. The highest BCUT2D eigenvalue weighted by molar-refractivity contribution is 7.92. The molecule has 98 valence electrons. The molecule has 1 aromatic heterocycles. The monoisotopic (exact) mass is 294 g/mol. The molecule has 5 nitrogen and oxygen atoms in total. The molecule has 3 rings (SSSR count). The molecular weight excluding hydrogens is 284 g/mol. The second-order valence-corrected chi connectivity index (χ2v) is 6.59. The van der Waals surface area contributed by atoms with Crippen LogP contribution < -0.4 is 10.0 Å². The number of hydrogen-bond acceptors (Lipinski definition) is 4. The van der Waals surface area contributed by atoms with Crippen molar-refractivity contribution in [2.75, 3.05) is 10.0 Å². The third kappa shape index (κ3) is 2.22. The van der Waals surface area contributed by atoms with Crippen LogP contribution >= 0.6 is 11.3 Å². The molecule has 0 saturated heterocycles. The van der Waals surface area contributed by atoms with E-state index in [4.69, 9.17) is 0 Å². The van der Waals surface area contributed by atoms with Crippen LogP contribution in [0.15, 0.2) is 39.9 Å². The smallest absolute Gasteiger partial charge is 0.262 e. The van der Waals surface area contributed by atoms with Crippen LogP contribution in [0.1, 0.15) is 5.56 Å². The minimum absolute atomic E-state index is 0.128. The van der Waals surface area contributed by atoms with Crippen LogP contribution in [0.2, 0.25) is 0 Å². The molecule has 1 amide bonds. The summed E-state index contributed by atoms with van der Waals surface area (Å²) in [7, 11) is -3.60. The van der Waals surface area contributed by atoms with E-state index in [-0.39, 0.29) is 17.2 Å². The molecule has 0 atom stereocenters. The van der Waals surface area contributed by atoms with E-state index in [1.165, 1.54) is 17.4 Å². The van der Waals surface area contributed by atoms with E-state index < -0.39 is 10.0 Å². The van der Waals surface area contributed by atoms with Gasteiger partial charge in [0, 0.05) is 5.38 Å². The Kier molecular flexibility index (Phi) is 2.79. The van der Waals surface area contributed by atoms with Gasteiger partial charge >= 0.3 is 0 Å². The molecule has 2 aromatic rings. The summed E-state index contributed by atoms with van der Waals surface area (Å²) in [5.74, 6) is -0.128. The highest BCUT2D eigenvalue weighted by atomic mass is 32.2. The van der Waals surface area contributed by atoms with Gasteiger partial charge in [-0.15, -0.1) is 0 Å². The van der Waals surface area contributed by atoms with Crippen molar-refractivity contribution in [3.63, 3.8) is 0 Å². The van der Waals surface area contributed by atoms with Gasteiger partial charge in [0.1, 0.15) is 0 Å². The first kappa shape index (κ1) is 12.2. The summed E-state index contributed by atoms with van der Waals surface area (Å²) in [6.45, 7) is 0. The molecule has 2 N–H and O–H groups in total. The van der Waals surface area contributed by atoms with Gasteiger partial charge in [-0.05, 0) is 23.1 Å². The Labute approximate surface area is 114 Å². The normalized spacial score (nSPS) is 14.0. The Bertz CT molecular complexity index is 736. The first-order valence-electron chi connectivity index (χ1n) is 5.53. The number of rotatable bonds is 3. The van der Waals surface area contributed by atoms with E-state index >= 15 is 0 Å². The quantitative estimate of drug-likeness (QED) is 0.909. The third-order valence-corrected chi connectivity index (χ3v) is 5.01. The fourth-order valence-electron chi connectivity index (χ4n) is 1.95. The lowest BCUT2D eigenvalue weighted by molar-refractivity contribution is -0.115. The molecule has 1 aromatic carbocycles. The van der Waals surface area contributed by atoms with Crippen molar-refractivity contribution in [1.29, 1.82) is 0 Å². The predicted molar refractivity (Wildman–Crippen MR) is 73.9 cm³/mol. The second-order valence-electron chi connectivity index (χ2n) is 4.13. The number of carbonyl (C=O) groups is 1. The molecule has 0 bridgehead atoms. The van der Waals surface area contributed by atoms with E-state index in [9.17, 15) is 13.2 Å². The van der Waals surface area contributed by atoms with Gasteiger partial charge in [-0.2, -0.15) is 11.3 Å². The molecule has 19 heavy (non-hydrogen) atoms. The Morgan fingerprint density at radius 1 is 1.26 bits per heavy atom. The number of anilines is 2. The van der Waals surface area contributed by atoms with E-state index in [0.717, 1.165) is 5.56 Å². The molecule has 1 aliphatic rings. The summed E-state index contributed by atoms with van der Waals surface area (Å²) in [5, 5.41) is 5.93. The van der Waals surface area contributed by atoms with Crippen LogP contribution in [0.5, 0.6) is 0 Å². The molecule has 0 unspecified atom stereocenters. The maximum Gasteiger partial charge on any atom is 0.262 e. The number of fused-ring (bicyclic) bond motifs is 1. The highest BCUT2D eigenvalue weighted by Gasteiger charge is 2.23. The molecule has 0 aliphatic carbocycles. The molecule has 0 radical (unpaired) electrons. The van der Waals surface area contributed by atoms with Crippen molar-refractivity contribution in [1.82, 2.24) is 0 Å². The molecule has 0 fully saturated rings. The fraction of sp³-hybridized carbons (Fsp3) is 0.0833. The number of nitrogens with one attached hydrogen (secondary N) is 2. The largest absolute Gasteiger partial charge is 0.324 e. The van der Waals surface area contributed by atoms with Gasteiger partial charge in [0.05, 0.1) is 22.7 Å². The molecular formula is C12H10N2O3S2. The van der Waals surface area contributed by atoms with Crippen molar-refractivity contribution in [3.05, 3.63) is 40.6 Å². The Morgan fingerprint density at radius 3 is 2.84 bits per heavy atom. The van der Waals surface area contributed by atoms with Crippen molar-refractivity contribution < 1.29 is 13.2 Å². The summed E-state index contributed by atoms with van der Waals surface area (Å²) in [6, 6.07) is 6.70. The molecule has 2 heterocycles. The molecule has 7 heteroatoms. The number of benzene rings is 1. The van der Waals surface area contributed by atoms with Gasteiger partial charge in [0.2, 0.25) is 5.91 Å². The number of sulfonamides is 1. The fourth-order valence-corrected chi connectivity index (χ4v) is 4.05. The van der Waals surface area contributed by atoms with Crippen LogP contribution in [-0.2, 0) is 21.2 Å². The maximum absolute atomic E-state index is 12.1. The summed E-state index contributed by atoms with van der Waals surface area (Å²) < 4.78 is 26.8. The lowest BCUT2D eigenvalue weighted by atomic mass is 10.1. The number of para-hydroxylation sites is 1. The van der Waals surface area contributed by atoms with Gasteiger partial charge in [-0.1, -0.05) is 12.1 Å². The zero-order valence-electron chi connectivity index (χ0n) is 9.71. The highest BCUT2D eigenvalue weighted by Crippen LogP contribution is 2.32. The topological polar surface area (TPSA) is 75.3 Å². The van der Waals surface area contributed by atoms with E-state index in [0.29, 0.717) is 11.4 Å². The van der Waals surface area contributed by atoms with Gasteiger partial charge in [0.15, 0.2) is 0 Å². The standard InChI is InChI=1S/C12H10N2O3S2/c15-11-6-8-2-1-3-10(12(8)13-11)14-19(16,17)9-4-5-18-7-9/h1-5,7,14H,6H2,(H,13,15). The van der Waals surface area contributed by atoms with Crippen LogP contribution in [0.3, 0.4) is 0 Å². The number of thiophene rings is 1. The van der Waals surface area contributed by atoms with Crippen molar-refractivity contribution in [3.8, 4) is 0 Å². The van der Waals surface area contributed by atoms with Crippen molar-refractivity contribution in [2.45, 2.75) is 11.3 Å². The van der Waals surface area contributed by atoms with Crippen LogP contribution in [0.25, 0.3) is 0 Å². The predicted octanol–water partition coefficient (Wildman–Crippen LogP) is 2.04. The van der Waals surface area contributed by atoms with E-state index in [1.54, 1.807) is 29.0 Å². The van der Waals surface area contributed by atoms with Crippen molar-refractivity contribution in [2.24, 2.45) is 0 Å². The first-order chi connectivity index (χ1) is 9.06. The SMILES string of the molecule is O=C1Cc2cccc(NS(=O)(=O)c3ccsc3)c2N1. The third-order valence-electron chi connectivity index (χ3n) is 2.82. The minimum Gasteiger partial charge on any atom is -0.324 e. The average Bonchev–Trinajstić information content (AvgIpc) is 2.96. The van der Waals surface area contributed by atoms with Gasteiger partial charge in [-0.3, -0.25) is 9.52 Å². The van der Waals surface area contributed by atoms with Gasteiger partial charge in [0.25, 0.3) is 10.0 Å². The zero-order chi connectivity index (χ0) is 13.5. The Morgan fingerprint density at radius 2 is 2.11 bits per heavy atom. The van der Waals surface area contributed by atoms with Gasteiger partial charge < -0.3 is 5.32 Å². The van der Waals surface area contributed by atoms with Crippen LogP contribution in [-0.4, -0.2) is 14.3 Å². The summed E-state index contributed by atoms with van der Waals surface area (Å²) in [6.07, 6.45) is 0.281. The Balaban J connectivity index is 1.98. The lowest BCUT2D eigenvalue weighted by Crippen LogP contribution is -2.13. The zero-order valence-corrected chi connectivity index (χ0v) is 11.3. The average molecular weight is 294 g/mol. The van der Waals surface area contributed by atoms with E-state index in [1.807, 2.05) is 0 Å². The van der Waals surface area contributed by atoms with Gasteiger partial charge in [-0.25, -0.2) is 8.42 Å². The summed E-state index contributed by atoms with van der Waals surface area (Å²) in [5.41, 5.74) is 1.75. The summed E-state index contributed by atoms with van der Waals surface area (Å²) in [4.78, 5) is 11.6. The number of carbonyl (C=O) groups excluding carboxylic acids is 1. The molecule has 0 saturated carbocycles. The van der Waals surface area contributed by atoms with Crippen molar-refractivity contribution >= 4 is 38.6 Å². The van der Waals surface area contributed by atoms with E-state index in [2.05, 4.69) is 10.0 Å². The second kappa shape index (κ2) is 4.36. The number of hydrogen-bond donors (Lipinski definition) is 2. The molecule has 1 aliphatic heterocycles. The minimum atomic E-state index is -3.60.